The predicted molar refractivity (Wildman–Crippen MR) is 75.9 cm³/mol. The molecular weight excluding hydrogens is 236 g/mol. The number of pyridine rings is 1. The summed E-state index contributed by atoms with van der Waals surface area (Å²) in [7, 11) is 0. The van der Waals surface area contributed by atoms with Gasteiger partial charge in [-0.1, -0.05) is 18.2 Å². The monoisotopic (exact) mass is 254 g/mol. The summed E-state index contributed by atoms with van der Waals surface area (Å²) in [5, 5.41) is 0. The second kappa shape index (κ2) is 5.11. The Labute approximate surface area is 113 Å². The van der Waals surface area contributed by atoms with Crippen molar-refractivity contribution in [2.24, 2.45) is 5.73 Å². The third-order valence-electron chi connectivity index (χ3n) is 3.71. The maximum atomic E-state index is 5.84. The fourth-order valence-electron chi connectivity index (χ4n) is 2.72. The number of nitrogens with two attached hydrogens (primary N) is 1. The van der Waals surface area contributed by atoms with Crippen LogP contribution in [0, 0.1) is 6.92 Å². The van der Waals surface area contributed by atoms with Crippen molar-refractivity contribution in [2.75, 3.05) is 13.2 Å². The molecule has 2 aromatic rings. The molecule has 0 amide bonds. The van der Waals surface area contributed by atoms with Crippen LogP contribution >= 0.6 is 0 Å². The number of hydrogen-bond acceptors (Lipinski definition) is 3. The Balaban J connectivity index is 2.13. The summed E-state index contributed by atoms with van der Waals surface area (Å²) >= 11 is 0. The molecule has 1 atom stereocenters. The highest BCUT2D eigenvalue weighted by Crippen LogP contribution is 2.33. The Bertz CT molecular complexity index is 595. The standard InChI is InChI=1S/C16H18N2O/c1-11-7-12(5-6-18-11)14-3-2-4-15-13(8-17)9-19-10-16(14)15/h2-7,13H,8-10,17H2,1H3/t13-/m0/s1. The summed E-state index contributed by atoms with van der Waals surface area (Å²) in [4.78, 5) is 4.26. The van der Waals surface area contributed by atoms with Crippen LogP contribution in [0.5, 0.6) is 0 Å². The van der Waals surface area contributed by atoms with Crippen LogP contribution in [-0.2, 0) is 11.3 Å². The third-order valence-corrected chi connectivity index (χ3v) is 3.71. The average Bonchev–Trinajstić information content (AvgIpc) is 2.46. The summed E-state index contributed by atoms with van der Waals surface area (Å²) in [5.41, 5.74) is 11.9. The molecule has 3 heteroatoms. The molecule has 3 nitrogen and oxygen atoms in total. The van der Waals surface area contributed by atoms with E-state index in [4.69, 9.17) is 10.5 Å². The molecule has 98 valence electrons. The highest BCUT2D eigenvalue weighted by molar-refractivity contribution is 5.69. The van der Waals surface area contributed by atoms with Gasteiger partial charge in [0.25, 0.3) is 0 Å². The minimum Gasteiger partial charge on any atom is -0.376 e. The zero-order valence-electron chi connectivity index (χ0n) is 11.1. The molecule has 19 heavy (non-hydrogen) atoms. The fourth-order valence-corrected chi connectivity index (χ4v) is 2.72. The first-order chi connectivity index (χ1) is 9.29. The Hall–Kier alpha value is -1.71. The van der Waals surface area contributed by atoms with Crippen molar-refractivity contribution < 1.29 is 4.74 Å². The van der Waals surface area contributed by atoms with Crippen molar-refractivity contribution in [1.82, 2.24) is 4.98 Å². The largest absolute Gasteiger partial charge is 0.376 e. The average molecular weight is 254 g/mol. The van der Waals surface area contributed by atoms with E-state index in [1.807, 2.05) is 13.1 Å². The van der Waals surface area contributed by atoms with Crippen molar-refractivity contribution in [1.29, 1.82) is 0 Å². The van der Waals surface area contributed by atoms with E-state index < -0.39 is 0 Å². The number of aryl methyl sites for hydroxylation is 1. The van der Waals surface area contributed by atoms with E-state index in [1.165, 1.54) is 22.3 Å². The molecule has 0 spiro atoms. The van der Waals surface area contributed by atoms with E-state index in [1.54, 1.807) is 0 Å². The van der Waals surface area contributed by atoms with Crippen molar-refractivity contribution in [3.63, 3.8) is 0 Å². The number of nitrogens with zero attached hydrogens (tertiary/aromatic N) is 1. The van der Waals surface area contributed by atoms with E-state index >= 15 is 0 Å². The van der Waals surface area contributed by atoms with Crippen LogP contribution in [0.15, 0.2) is 36.5 Å². The van der Waals surface area contributed by atoms with Gasteiger partial charge in [-0.15, -0.1) is 0 Å². The van der Waals surface area contributed by atoms with Gasteiger partial charge < -0.3 is 10.5 Å². The molecule has 1 aliphatic rings. The molecule has 2 N–H and O–H groups in total. The minimum atomic E-state index is 0.312. The number of aromatic nitrogens is 1. The van der Waals surface area contributed by atoms with E-state index in [0.29, 0.717) is 19.1 Å². The highest BCUT2D eigenvalue weighted by atomic mass is 16.5. The molecule has 0 saturated carbocycles. The summed E-state index contributed by atoms with van der Waals surface area (Å²) in [6.45, 7) is 4.04. The van der Waals surface area contributed by atoms with Gasteiger partial charge in [-0.3, -0.25) is 4.98 Å². The molecule has 1 aromatic heterocycles. The van der Waals surface area contributed by atoms with Crippen LogP contribution in [0.25, 0.3) is 11.1 Å². The summed E-state index contributed by atoms with van der Waals surface area (Å²) < 4.78 is 5.70. The lowest BCUT2D eigenvalue weighted by molar-refractivity contribution is 0.0932. The SMILES string of the molecule is Cc1cc(-c2cccc3c2COC[C@@H]3CN)ccn1. The maximum Gasteiger partial charge on any atom is 0.0725 e. The fraction of sp³-hybridized carbons (Fsp3) is 0.312. The number of hydrogen-bond donors (Lipinski definition) is 1. The lowest BCUT2D eigenvalue weighted by Crippen LogP contribution is -2.24. The first-order valence-electron chi connectivity index (χ1n) is 6.62. The van der Waals surface area contributed by atoms with Gasteiger partial charge in [0.15, 0.2) is 0 Å². The Morgan fingerprint density at radius 2 is 2.26 bits per heavy atom. The molecule has 0 bridgehead atoms. The number of fused-ring (bicyclic) bond motifs is 1. The van der Waals surface area contributed by atoms with Gasteiger partial charge in [0.05, 0.1) is 13.2 Å². The second-order valence-electron chi connectivity index (χ2n) is 5.01. The lowest BCUT2D eigenvalue weighted by atomic mass is 9.88. The van der Waals surface area contributed by atoms with Crippen LogP contribution in [0.1, 0.15) is 22.7 Å². The van der Waals surface area contributed by atoms with E-state index in [-0.39, 0.29) is 0 Å². The van der Waals surface area contributed by atoms with Crippen LogP contribution < -0.4 is 5.73 Å². The topological polar surface area (TPSA) is 48.1 Å². The number of rotatable bonds is 2. The van der Waals surface area contributed by atoms with Gasteiger partial charge in [-0.25, -0.2) is 0 Å². The first-order valence-corrected chi connectivity index (χ1v) is 6.62. The summed E-state index contributed by atoms with van der Waals surface area (Å²) in [5.74, 6) is 0.312. The van der Waals surface area contributed by atoms with Gasteiger partial charge in [-0.2, -0.15) is 0 Å². The van der Waals surface area contributed by atoms with Crippen LogP contribution in [-0.4, -0.2) is 18.1 Å². The summed E-state index contributed by atoms with van der Waals surface area (Å²) in [6.07, 6.45) is 1.86. The zero-order valence-corrected chi connectivity index (χ0v) is 11.1. The van der Waals surface area contributed by atoms with Crippen LogP contribution in [0.4, 0.5) is 0 Å². The molecule has 0 unspecified atom stereocenters. The molecular formula is C16H18N2O. The van der Waals surface area contributed by atoms with Crippen molar-refractivity contribution in [3.8, 4) is 11.1 Å². The van der Waals surface area contributed by atoms with Gasteiger partial charge in [0.1, 0.15) is 0 Å². The predicted octanol–water partition coefficient (Wildman–Crippen LogP) is 2.63. The molecule has 3 rings (SSSR count). The molecule has 2 heterocycles. The normalized spacial score (nSPS) is 18.1. The maximum absolute atomic E-state index is 5.84. The van der Waals surface area contributed by atoms with E-state index in [2.05, 4.69) is 35.3 Å². The smallest absolute Gasteiger partial charge is 0.0725 e. The molecule has 0 radical (unpaired) electrons. The summed E-state index contributed by atoms with van der Waals surface area (Å²) in [6, 6.07) is 10.6. The number of ether oxygens (including phenoxy) is 1. The Kier molecular flexibility index (Phi) is 3.32. The highest BCUT2D eigenvalue weighted by Gasteiger charge is 2.22. The lowest BCUT2D eigenvalue weighted by Gasteiger charge is -2.26. The van der Waals surface area contributed by atoms with Gasteiger partial charge in [-0.05, 0) is 41.3 Å². The third kappa shape index (κ3) is 2.27. The zero-order chi connectivity index (χ0) is 13.2. The molecule has 0 aliphatic carbocycles. The Morgan fingerprint density at radius 3 is 3.05 bits per heavy atom. The minimum absolute atomic E-state index is 0.312. The van der Waals surface area contributed by atoms with Gasteiger partial charge in [0.2, 0.25) is 0 Å². The van der Waals surface area contributed by atoms with Gasteiger partial charge >= 0.3 is 0 Å². The van der Waals surface area contributed by atoms with Crippen LogP contribution in [0.3, 0.4) is 0 Å². The van der Waals surface area contributed by atoms with Crippen molar-refractivity contribution in [2.45, 2.75) is 19.4 Å². The van der Waals surface area contributed by atoms with Crippen molar-refractivity contribution >= 4 is 0 Å². The van der Waals surface area contributed by atoms with E-state index in [9.17, 15) is 0 Å². The Morgan fingerprint density at radius 1 is 1.37 bits per heavy atom. The van der Waals surface area contributed by atoms with Crippen molar-refractivity contribution in [3.05, 3.63) is 53.3 Å². The van der Waals surface area contributed by atoms with Crippen LogP contribution in [0.2, 0.25) is 0 Å². The molecule has 0 fully saturated rings. The molecule has 1 aromatic carbocycles. The molecule has 0 saturated heterocycles. The second-order valence-corrected chi connectivity index (χ2v) is 5.01. The first kappa shape index (κ1) is 12.3. The molecule has 1 aliphatic heterocycles. The quantitative estimate of drug-likeness (QED) is 0.896. The van der Waals surface area contributed by atoms with E-state index in [0.717, 1.165) is 12.3 Å². The van der Waals surface area contributed by atoms with Gasteiger partial charge in [0, 0.05) is 24.4 Å². The number of benzene rings is 1.